The van der Waals surface area contributed by atoms with Gasteiger partial charge in [0.2, 0.25) is 0 Å². The van der Waals surface area contributed by atoms with E-state index in [-0.39, 0.29) is 21.4 Å². The van der Waals surface area contributed by atoms with Gasteiger partial charge in [-0.2, -0.15) is 8.78 Å². The second-order valence-corrected chi connectivity index (χ2v) is 6.72. The number of anilines is 1. The Morgan fingerprint density at radius 2 is 1.83 bits per heavy atom. The number of hydrogen-bond donors (Lipinski definition) is 1. The number of aryl methyl sites for hydroxylation is 1. The maximum absolute atomic E-state index is 12.3. The SMILES string of the molecule is CCc1ccc(S(=O)(=O)Nc2ccc(OC(F)F)c(Cl)c2)cc1. The third-order valence-corrected chi connectivity index (χ3v) is 4.73. The van der Waals surface area contributed by atoms with E-state index in [4.69, 9.17) is 11.6 Å². The quantitative estimate of drug-likeness (QED) is 0.834. The molecule has 23 heavy (non-hydrogen) atoms. The normalized spacial score (nSPS) is 11.5. The molecule has 0 saturated carbocycles. The topological polar surface area (TPSA) is 55.4 Å². The van der Waals surface area contributed by atoms with Gasteiger partial charge < -0.3 is 4.74 Å². The minimum atomic E-state index is -3.79. The summed E-state index contributed by atoms with van der Waals surface area (Å²) < 4.78 is 55.4. The number of nitrogens with one attached hydrogen (secondary N) is 1. The Kier molecular flexibility index (Phi) is 5.43. The summed E-state index contributed by atoms with van der Waals surface area (Å²) in [6.07, 6.45) is 0.801. The van der Waals surface area contributed by atoms with E-state index in [0.29, 0.717) is 0 Å². The molecular weight excluding hydrogens is 348 g/mol. The summed E-state index contributed by atoms with van der Waals surface area (Å²) in [6, 6.07) is 10.1. The van der Waals surface area contributed by atoms with E-state index in [1.807, 2.05) is 6.92 Å². The molecule has 0 radical (unpaired) electrons. The second-order valence-electron chi connectivity index (χ2n) is 4.63. The van der Waals surface area contributed by atoms with Crippen molar-refractivity contribution in [2.75, 3.05) is 4.72 Å². The molecule has 0 fully saturated rings. The molecule has 2 aromatic carbocycles. The Hall–Kier alpha value is -1.86. The number of ether oxygens (including phenoxy) is 1. The molecule has 0 aromatic heterocycles. The molecule has 0 aliphatic rings. The van der Waals surface area contributed by atoms with Gasteiger partial charge in [0.15, 0.2) is 0 Å². The number of halogens is 3. The van der Waals surface area contributed by atoms with Crippen molar-refractivity contribution >= 4 is 27.3 Å². The lowest BCUT2D eigenvalue weighted by molar-refractivity contribution is -0.0497. The van der Waals surface area contributed by atoms with Gasteiger partial charge in [-0.05, 0) is 42.3 Å². The molecule has 124 valence electrons. The molecule has 0 atom stereocenters. The maximum Gasteiger partial charge on any atom is 0.387 e. The molecule has 0 spiro atoms. The Labute approximate surface area is 138 Å². The Morgan fingerprint density at radius 3 is 2.35 bits per heavy atom. The van der Waals surface area contributed by atoms with Gasteiger partial charge in [-0.25, -0.2) is 8.42 Å². The summed E-state index contributed by atoms with van der Waals surface area (Å²) in [4.78, 5) is 0.0960. The average Bonchev–Trinajstić information content (AvgIpc) is 2.49. The highest BCUT2D eigenvalue weighted by atomic mass is 35.5. The number of sulfonamides is 1. The monoisotopic (exact) mass is 361 g/mol. The predicted octanol–water partition coefficient (Wildman–Crippen LogP) is 4.30. The van der Waals surface area contributed by atoms with Crippen LogP contribution in [0.5, 0.6) is 5.75 Å². The predicted molar refractivity (Wildman–Crippen MR) is 84.7 cm³/mol. The van der Waals surface area contributed by atoms with E-state index in [2.05, 4.69) is 9.46 Å². The molecule has 2 aromatic rings. The molecule has 8 heteroatoms. The van der Waals surface area contributed by atoms with Gasteiger partial charge in [0.05, 0.1) is 15.6 Å². The highest BCUT2D eigenvalue weighted by Gasteiger charge is 2.15. The fraction of sp³-hybridized carbons (Fsp3) is 0.200. The van der Waals surface area contributed by atoms with Crippen LogP contribution in [0.1, 0.15) is 12.5 Å². The van der Waals surface area contributed by atoms with Crippen LogP contribution in [0.25, 0.3) is 0 Å². The van der Waals surface area contributed by atoms with Crippen molar-refractivity contribution in [1.82, 2.24) is 0 Å². The molecule has 0 saturated heterocycles. The van der Waals surface area contributed by atoms with Crippen LogP contribution in [0.3, 0.4) is 0 Å². The fourth-order valence-electron chi connectivity index (χ4n) is 1.87. The summed E-state index contributed by atoms with van der Waals surface area (Å²) in [5.74, 6) is -0.225. The minimum absolute atomic E-state index is 0.0960. The summed E-state index contributed by atoms with van der Waals surface area (Å²) in [5.41, 5.74) is 1.16. The van der Waals surface area contributed by atoms with Crippen molar-refractivity contribution in [2.45, 2.75) is 24.9 Å². The van der Waals surface area contributed by atoms with Gasteiger partial charge in [-0.15, -0.1) is 0 Å². The first kappa shape index (κ1) is 17.5. The van der Waals surface area contributed by atoms with Crippen LogP contribution >= 0.6 is 11.6 Å². The summed E-state index contributed by atoms with van der Waals surface area (Å²) in [5, 5.41) is -0.119. The minimum Gasteiger partial charge on any atom is -0.433 e. The molecule has 1 N–H and O–H groups in total. The fourth-order valence-corrected chi connectivity index (χ4v) is 3.15. The van der Waals surface area contributed by atoms with Crippen molar-refractivity contribution in [3.63, 3.8) is 0 Å². The summed E-state index contributed by atoms with van der Waals surface area (Å²) in [6.45, 7) is -1.04. The lowest BCUT2D eigenvalue weighted by Crippen LogP contribution is -2.13. The molecular formula is C15H14ClF2NO3S. The number of hydrogen-bond acceptors (Lipinski definition) is 3. The molecule has 0 heterocycles. The van der Waals surface area contributed by atoms with Gasteiger partial charge in [0.25, 0.3) is 10.0 Å². The zero-order chi connectivity index (χ0) is 17.0. The molecule has 0 aliphatic heterocycles. The third-order valence-electron chi connectivity index (χ3n) is 3.04. The van der Waals surface area contributed by atoms with Crippen LogP contribution in [0.2, 0.25) is 5.02 Å². The number of alkyl halides is 2. The van der Waals surface area contributed by atoms with Gasteiger partial charge in [-0.1, -0.05) is 30.7 Å². The van der Waals surface area contributed by atoms with E-state index in [0.717, 1.165) is 12.0 Å². The zero-order valence-electron chi connectivity index (χ0n) is 12.1. The van der Waals surface area contributed by atoms with Gasteiger partial charge in [0.1, 0.15) is 5.75 Å². The maximum atomic E-state index is 12.3. The van der Waals surface area contributed by atoms with Gasteiger partial charge in [-0.3, -0.25) is 4.72 Å². The van der Waals surface area contributed by atoms with Gasteiger partial charge >= 0.3 is 6.61 Å². The Morgan fingerprint density at radius 1 is 1.17 bits per heavy atom. The van der Waals surface area contributed by atoms with E-state index in [9.17, 15) is 17.2 Å². The first-order valence-corrected chi connectivity index (χ1v) is 8.54. The summed E-state index contributed by atoms with van der Waals surface area (Å²) in [7, 11) is -3.79. The Bertz CT molecular complexity index is 780. The molecule has 2 rings (SSSR count). The molecule has 0 amide bonds. The lowest BCUT2D eigenvalue weighted by Gasteiger charge is -2.11. The van der Waals surface area contributed by atoms with Crippen molar-refractivity contribution in [2.24, 2.45) is 0 Å². The Balaban J connectivity index is 2.21. The van der Waals surface area contributed by atoms with E-state index < -0.39 is 16.6 Å². The van der Waals surface area contributed by atoms with Crippen molar-refractivity contribution < 1.29 is 21.9 Å². The first-order chi connectivity index (χ1) is 10.8. The smallest absolute Gasteiger partial charge is 0.387 e. The standard InChI is InChI=1S/C15H14ClF2NO3S/c1-2-10-3-6-12(7-4-10)23(20,21)19-11-5-8-14(13(16)9-11)22-15(17)18/h3-9,15,19H,2H2,1H3. The van der Waals surface area contributed by atoms with Gasteiger partial charge in [0, 0.05) is 0 Å². The highest BCUT2D eigenvalue weighted by molar-refractivity contribution is 7.92. The van der Waals surface area contributed by atoms with E-state index >= 15 is 0 Å². The van der Waals surface area contributed by atoms with Crippen LogP contribution < -0.4 is 9.46 Å². The van der Waals surface area contributed by atoms with Crippen molar-refractivity contribution in [3.8, 4) is 5.75 Å². The zero-order valence-corrected chi connectivity index (χ0v) is 13.7. The molecule has 0 unspecified atom stereocenters. The second kappa shape index (κ2) is 7.14. The molecule has 0 aliphatic carbocycles. The van der Waals surface area contributed by atoms with Crippen LogP contribution in [-0.2, 0) is 16.4 Å². The molecule has 4 nitrogen and oxygen atoms in total. The van der Waals surface area contributed by atoms with Crippen molar-refractivity contribution in [1.29, 1.82) is 0 Å². The highest BCUT2D eigenvalue weighted by Crippen LogP contribution is 2.30. The lowest BCUT2D eigenvalue weighted by atomic mass is 10.2. The number of benzene rings is 2. The van der Waals surface area contributed by atoms with Crippen LogP contribution in [0, 0.1) is 0 Å². The summed E-state index contributed by atoms with van der Waals surface area (Å²) >= 11 is 5.79. The van der Waals surface area contributed by atoms with E-state index in [1.165, 1.54) is 30.3 Å². The van der Waals surface area contributed by atoms with Crippen LogP contribution in [0.15, 0.2) is 47.4 Å². The van der Waals surface area contributed by atoms with Crippen LogP contribution in [-0.4, -0.2) is 15.0 Å². The largest absolute Gasteiger partial charge is 0.433 e. The third kappa shape index (κ3) is 4.56. The van der Waals surface area contributed by atoms with Crippen molar-refractivity contribution in [3.05, 3.63) is 53.1 Å². The number of rotatable bonds is 6. The first-order valence-electron chi connectivity index (χ1n) is 6.68. The average molecular weight is 362 g/mol. The van der Waals surface area contributed by atoms with E-state index in [1.54, 1.807) is 12.1 Å². The molecule has 0 bridgehead atoms. The van der Waals surface area contributed by atoms with Crippen LogP contribution in [0.4, 0.5) is 14.5 Å².